The van der Waals surface area contributed by atoms with Crippen LogP contribution in [0.4, 0.5) is 0 Å². The zero-order chi connectivity index (χ0) is 12.8. The highest BCUT2D eigenvalue weighted by Crippen LogP contribution is 2.35. The molecule has 17 heavy (non-hydrogen) atoms. The molecule has 0 radical (unpaired) electrons. The van der Waals surface area contributed by atoms with E-state index in [1.165, 1.54) is 32.4 Å². The summed E-state index contributed by atoms with van der Waals surface area (Å²) in [5.41, 5.74) is 0.657. The average Bonchev–Trinajstić information content (AvgIpc) is 2.45. The Balaban J connectivity index is 2.19. The first kappa shape index (κ1) is 13.4. The van der Waals surface area contributed by atoms with Gasteiger partial charge in [0, 0.05) is 36.3 Å². The first-order valence-corrected chi connectivity index (χ1v) is 7.23. The van der Waals surface area contributed by atoms with Gasteiger partial charge in [0.15, 0.2) is 0 Å². The lowest BCUT2D eigenvalue weighted by Crippen LogP contribution is -2.57. The second-order valence-corrected chi connectivity index (χ2v) is 7.86. The Kier molecular flexibility index (Phi) is 3.33. The molecule has 100 valence electrons. The van der Waals surface area contributed by atoms with E-state index in [4.69, 9.17) is 0 Å². The summed E-state index contributed by atoms with van der Waals surface area (Å²) in [7, 11) is 0. The lowest BCUT2D eigenvalue weighted by atomic mass is 9.91. The molecule has 2 atom stereocenters. The highest BCUT2D eigenvalue weighted by molar-refractivity contribution is 4.98. The molecule has 0 amide bonds. The summed E-state index contributed by atoms with van der Waals surface area (Å²) in [6.07, 6.45) is 4.15. The van der Waals surface area contributed by atoms with E-state index in [-0.39, 0.29) is 0 Å². The molecule has 2 unspecified atom stereocenters. The summed E-state index contributed by atoms with van der Waals surface area (Å²) in [6.45, 7) is 16.8. The molecule has 0 spiro atoms. The van der Waals surface area contributed by atoms with E-state index in [1.807, 2.05) is 0 Å². The van der Waals surface area contributed by atoms with E-state index < -0.39 is 0 Å². The van der Waals surface area contributed by atoms with Gasteiger partial charge in [-0.05, 0) is 60.8 Å². The zero-order valence-electron chi connectivity index (χ0n) is 12.6. The van der Waals surface area contributed by atoms with Crippen LogP contribution in [0.3, 0.4) is 0 Å². The summed E-state index contributed by atoms with van der Waals surface area (Å²) in [4.78, 5) is 5.51. The van der Waals surface area contributed by atoms with Crippen LogP contribution < -0.4 is 0 Å². The molecule has 0 N–H and O–H groups in total. The van der Waals surface area contributed by atoms with Gasteiger partial charge in [0.25, 0.3) is 0 Å². The van der Waals surface area contributed by atoms with E-state index in [2.05, 4.69) is 51.3 Å². The number of hydrogen-bond acceptors (Lipinski definition) is 2. The quantitative estimate of drug-likeness (QED) is 0.640. The molecule has 2 bridgehead atoms. The first-order valence-electron chi connectivity index (χ1n) is 7.23. The van der Waals surface area contributed by atoms with Gasteiger partial charge in [0.2, 0.25) is 0 Å². The predicted octanol–water partition coefficient (Wildman–Crippen LogP) is 3.12. The standard InChI is InChI=1S/C15H30N2/c1-14(2,3)16-10-9-12-7-8-13(16)11-17(12)15(4,5)6/h12-13H,7-11H2,1-6H3. The van der Waals surface area contributed by atoms with Crippen molar-refractivity contribution in [2.75, 3.05) is 13.1 Å². The second kappa shape index (κ2) is 4.24. The van der Waals surface area contributed by atoms with Gasteiger partial charge >= 0.3 is 0 Å². The molecule has 3 aliphatic heterocycles. The molecule has 3 rings (SSSR count). The molecule has 0 aliphatic carbocycles. The lowest BCUT2D eigenvalue weighted by Gasteiger charge is -2.48. The molecule has 3 fully saturated rings. The van der Waals surface area contributed by atoms with E-state index in [9.17, 15) is 0 Å². The van der Waals surface area contributed by atoms with Gasteiger partial charge < -0.3 is 0 Å². The fourth-order valence-electron chi connectivity index (χ4n) is 3.74. The van der Waals surface area contributed by atoms with Crippen LogP contribution in [-0.4, -0.2) is 46.1 Å². The van der Waals surface area contributed by atoms with Gasteiger partial charge in [-0.25, -0.2) is 0 Å². The van der Waals surface area contributed by atoms with Crippen molar-refractivity contribution in [3.8, 4) is 0 Å². The normalized spacial score (nSPS) is 32.8. The van der Waals surface area contributed by atoms with Crippen molar-refractivity contribution in [1.82, 2.24) is 9.80 Å². The van der Waals surface area contributed by atoms with Crippen molar-refractivity contribution < 1.29 is 0 Å². The molecule has 3 heterocycles. The predicted molar refractivity (Wildman–Crippen MR) is 74.3 cm³/mol. The van der Waals surface area contributed by atoms with E-state index in [0.29, 0.717) is 11.1 Å². The van der Waals surface area contributed by atoms with Crippen molar-refractivity contribution >= 4 is 0 Å². The van der Waals surface area contributed by atoms with Crippen LogP contribution in [0.5, 0.6) is 0 Å². The lowest BCUT2D eigenvalue weighted by molar-refractivity contribution is 0.0134. The number of hydrogen-bond donors (Lipinski definition) is 0. The largest absolute Gasteiger partial charge is 0.294 e. The Morgan fingerprint density at radius 2 is 1.24 bits per heavy atom. The van der Waals surface area contributed by atoms with E-state index in [1.54, 1.807) is 0 Å². The molecule has 0 aromatic carbocycles. The molecule has 3 aliphatic rings. The van der Waals surface area contributed by atoms with Crippen molar-refractivity contribution in [2.45, 2.75) is 84.0 Å². The van der Waals surface area contributed by atoms with Crippen molar-refractivity contribution in [1.29, 1.82) is 0 Å². The summed E-state index contributed by atoms with van der Waals surface area (Å²) in [5.74, 6) is 0. The molecule has 0 aromatic rings. The fourth-order valence-corrected chi connectivity index (χ4v) is 3.74. The zero-order valence-corrected chi connectivity index (χ0v) is 12.6. The van der Waals surface area contributed by atoms with Gasteiger partial charge in [-0.3, -0.25) is 9.80 Å². The molecule has 2 nitrogen and oxygen atoms in total. The average molecular weight is 238 g/mol. The highest BCUT2D eigenvalue weighted by Gasteiger charge is 2.42. The van der Waals surface area contributed by atoms with Crippen LogP contribution >= 0.6 is 0 Å². The van der Waals surface area contributed by atoms with Crippen LogP contribution in [0.15, 0.2) is 0 Å². The maximum Gasteiger partial charge on any atom is 0.0229 e. The Labute approximate surface area is 107 Å². The topological polar surface area (TPSA) is 6.48 Å². The maximum atomic E-state index is 2.76. The van der Waals surface area contributed by atoms with Crippen molar-refractivity contribution in [3.05, 3.63) is 0 Å². The monoisotopic (exact) mass is 238 g/mol. The third-order valence-corrected chi connectivity index (χ3v) is 4.55. The summed E-state index contributed by atoms with van der Waals surface area (Å²) in [5, 5.41) is 0. The smallest absolute Gasteiger partial charge is 0.0229 e. The Bertz CT molecular complexity index is 260. The van der Waals surface area contributed by atoms with Crippen LogP contribution in [0.2, 0.25) is 0 Å². The number of nitrogens with zero attached hydrogens (tertiary/aromatic N) is 2. The van der Waals surface area contributed by atoms with Crippen LogP contribution in [-0.2, 0) is 0 Å². The third-order valence-electron chi connectivity index (χ3n) is 4.55. The minimum Gasteiger partial charge on any atom is -0.294 e. The molecule has 0 saturated carbocycles. The summed E-state index contributed by atoms with van der Waals surface area (Å²) < 4.78 is 0. The van der Waals surface area contributed by atoms with Crippen LogP contribution in [0, 0.1) is 0 Å². The van der Waals surface area contributed by atoms with Gasteiger partial charge in [-0.15, -0.1) is 0 Å². The number of piperidine rings is 1. The number of rotatable bonds is 0. The molecular weight excluding hydrogens is 208 g/mol. The van der Waals surface area contributed by atoms with Gasteiger partial charge in [0.1, 0.15) is 0 Å². The highest BCUT2D eigenvalue weighted by atomic mass is 15.3. The summed E-state index contributed by atoms with van der Waals surface area (Å²) in [6, 6.07) is 1.59. The van der Waals surface area contributed by atoms with Gasteiger partial charge in [0.05, 0.1) is 0 Å². The SMILES string of the molecule is CC(C)(C)N1CCC2CCC1CN2C(C)(C)C. The second-order valence-electron chi connectivity index (χ2n) is 7.86. The van der Waals surface area contributed by atoms with Gasteiger partial charge in [-0.2, -0.15) is 0 Å². The minimum atomic E-state index is 0.327. The minimum absolute atomic E-state index is 0.327. The Morgan fingerprint density at radius 1 is 0.706 bits per heavy atom. The van der Waals surface area contributed by atoms with Crippen LogP contribution in [0.1, 0.15) is 60.8 Å². The van der Waals surface area contributed by atoms with Crippen LogP contribution in [0.25, 0.3) is 0 Å². The van der Waals surface area contributed by atoms with Crippen molar-refractivity contribution in [3.63, 3.8) is 0 Å². The molecular formula is C15H30N2. The molecule has 0 aromatic heterocycles. The maximum absolute atomic E-state index is 2.76. The fraction of sp³-hybridized carbons (Fsp3) is 1.00. The van der Waals surface area contributed by atoms with E-state index >= 15 is 0 Å². The third kappa shape index (κ3) is 2.68. The van der Waals surface area contributed by atoms with Gasteiger partial charge in [-0.1, -0.05) is 0 Å². The first-order chi connectivity index (χ1) is 7.69. The number of fused-ring (bicyclic) bond motifs is 4. The Morgan fingerprint density at radius 3 is 1.76 bits per heavy atom. The van der Waals surface area contributed by atoms with Crippen molar-refractivity contribution in [2.24, 2.45) is 0 Å². The Hall–Kier alpha value is -0.0800. The summed E-state index contributed by atoms with van der Waals surface area (Å²) >= 11 is 0. The van der Waals surface area contributed by atoms with E-state index in [0.717, 1.165) is 12.1 Å². The molecule has 2 heteroatoms. The molecule has 3 saturated heterocycles.